The van der Waals surface area contributed by atoms with Crippen LogP contribution in [0.3, 0.4) is 0 Å². The summed E-state index contributed by atoms with van der Waals surface area (Å²) in [5.74, 6) is -1.19. The highest BCUT2D eigenvalue weighted by atomic mass is 32.2. The largest absolute Gasteiger partial charge is 0.450 e. The third kappa shape index (κ3) is 4.45. The minimum absolute atomic E-state index is 0.122. The van der Waals surface area contributed by atoms with Crippen molar-refractivity contribution in [3.63, 3.8) is 0 Å². The van der Waals surface area contributed by atoms with Gasteiger partial charge in [-0.2, -0.15) is 17.7 Å². The molecule has 0 bridgehead atoms. The number of aromatic nitrogens is 2. The van der Waals surface area contributed by atoms with Gasteiger partial charge in [0.15, 0.2) is 12.0 Å². The van der Waals surface area contributed by atoms with Crippen LogP contribution in [0.15, 0.2) is 56.0 Å². The van der Waals surface area contributed by atoms with Crippen molar-refractivity contribution in [2.24, 2.45) is 0 Å². The molecule has 0 unspecified atom stereocenters. The second-order valence-electron chi connectivity index (χ2n) is 7.67. The lowest BCUT2D eigenvalue weighted by molar-refractivity contribution is -0.686. The molecule has 0 saturated carbocycles. The van der Waals surface area contributed by atoms with Crippen molar-refractivity contribution >= 4 is 51.2 Å². The lowest BCUT2D eigenvalue weighted by Crippen LogP contribution is -2.36. The number of halogens is 4. The van der Waals surface area contributed by atoms with Crippen LogP contribution in [-0.2, 0) is 19.3 Å². The van der Waals surface area contributed by atoms with Crippen LogP contribution in [0.2, 0.25) is 0 Å². The summed E-state index contributed by atoms with van der Waals surface area (Å²) in [5.41, 5.74) is 0.691. The maximum atomic E-state index is 13.7. The molecule has 4 heterocycles. The van der Waals surface area contributed by atoms with Crippen molar-refractivity contribution in [3.05, 3.63) is 83.8 Å². The lowest BCUT2D eigenvalue weighted by atomic mass is 10.3. The minimum Gasteiger partial charge on any atom is -0.450 e. The van der Waals surface area contributed by atoms with Crippen molar-refractivity contribution < 1.29 is 26.5 Å². The molecule has 0 saturated heterocycles. The van der Waals surface area contributed by atoms with Crippen LogP contribution >= 0.6 is 34.4 Å². The van der Waals surface area contributed by atoms with Crippen LogP contribution in [0.25, 0.3) is 11.1 Å². The van der Waals surface area contributed by atoms with Crippen LogP contribution in [-0.4, -0.2) is 11.6 Å². The number of anilines is 1. The van der Waals surface area contributed by atoms with Gasteiger partial charge in [-0.3, -0.25) is 9.36 Å². The summed E-state index contributed by atoms with van der Waals surface area (Å²) in [6.45, 7) is 2.44. The van der Waals surface area contributed by atoms with Crippen molar-refractivity contribution in [2.45, 2.75) is 31.1 Å². The maximum Gasteiger partial charge on any atom is 0.449 e. The Balaban J connectivity index is 1.55. The van der Waals surface area contributed by atoms with E-state index in [4.69, 9.17) is 4.42 Å². The van der Waals surface area contributed by atoms with Crippen molar-refractivity contribution in [2.75, 3.05) is 11.9 Å². The molecule has 0 fully saturated rings. The van der Waals surface area contributed by atoms with E-state index in [0.717, 1.165) is 26.7 Å². The van der Waals surface area contributed by atoms with E-state index < -0.39 is 11.9 Å². The van der Waals surface area contributed by atoms with Crippen LogP contribution in [0.1, 0.15) is 23.5 Å². The summed E-state index contributed by atoms with van der Waals surface area (Å²) in [7, 11) is 1.84. The molecule has 0 N–H and O–H groups in total. The SMILES string of the molecule is CCn1c(=Cc2scc[n+]2Cc2ccc(C(F)(F)F)o2)sc(=C2Sc3cc(F)ccc3N2C)c1=O. The standard InChI is InChI=1S/C23H18F4N3O2S3/c1-3-30-19(11-18-29(8-9-33-18)12-14-5-7-17(32-14)23(25,26)27)35-20(21(30)31)22-28(2)15-6-4-13(24)10-16(15)34-22/h4-11H,3,12H2,1-2H3/q+1. The van der Waals surface area contributed by atoms with Crippen LogP contribution in [0, 0.1) is 5.82 Å². The Hall–Kier alpha value is -2.83. The molecule has 5 nitrogen and oxygen atoms in total. The summed E-state index contributed by atoms with van der Waals surface area (Å²) in [5, 5.41) is 3.31. The first kappa shape index (κ1) is 23.9. The number of benzene rings is 1. The fourth-order valence-electron chi connectivity index (χ4n) is 3.75. The molecular weight excluding hydrogens is 522 g/mol. The zero-order valence-electron chi connectivity index (χ0n) is 18.4. The van der Waals surface area contributed by atoms with Crippen molar-refractivity contribution in [1.82, 2.24) is 4.57 Å². The Morgan fingerprint density at radius 1 is 1.20 bits per heavy atom. The van der Waals surface area contributed by atoms with Gasteiger partial charge in [-0.25, -0.2) is 4.39 Å². The quantitative estimate of drug-likeness (QED) is 0.287. The number of furan rings is 1. The molecule has 35 heavy (non-hydrogen) atoms. The van der Waals surface area contributed by atoms with Gasteiger partial charge < -0.3 is 9.32 Å². The number of hydrogen-bond donors (Lipinski definition) is 0. The van der Waals surface area contributed by atoms with E-state index in [-0.39, 0.29) is 23.7 Å². The monoisotopic (exact) mass is 540 g/mol. The highest BCUT2D eigenvalue weighted by Gasteiger charge is 2.35. The van der Waals surface area contributed by atoms with Crippen molar-refractivity contribution in [3.8, 4) is 0 Å². The van der Waals surface area contributed by atoms with Gasteiger partial charge in [0.1, 0.15) is 20.0 Å². The van der Waals surface area contributed by atoms with E-state index in [1.165, 1.54) is 52.6 Å². The number of nitrogens with zero attached hydrogens (tertiary/aromatic N) is 3. The Labute approximate surface area is 208 Å². The first-order chi connectivity index (χ1) is 16.7. The molecule has 0 amide bonds. The second-order valence-corrected chi connectivity index (χ2v) is 10.7. The Morgan fingerprint density at radius 3 is 2.71 bits per heavy atom. The van der Waals surface area contributed by atoms with Crippen LogP contribution < -0.4 is 24.2 Å². The van der Waals surface area contributed by atoms with Gasteiger partial charge in [-0.05, 0) is 37.3 Å². The summed E-state index contributed by atoms with van der Waals surface area (Å²) >= 11 is 4.09. The number of hydrogen-bond acceptors (Lipinski definition) is 6. The summed E-state index contributed by atoms with van der Waals surface area (Å²) in [6.07, 6.45) is -0.925. The van der Waals surface area contributed by atoms with E-state index in [9.17, 15) is 22.4 Å². The summed E-state index contributed by atoms with van der Waals surface area (Å²) < 4.78 is 62.0. The van der Waals surface area contributed by atoms with Gasteiger partial charge in [0.05, 0.1) is 17.1 Å². The molecule has 0 atom stereocenters. The molecule has 0 aliphatic carbocycles. The molecule has 3 aromatic heterocycles. The van der Waals surface area contributed by atoms with Gasteiger partial charge in [-0.1, -0.05) is 23.1 Å². The molecule has 5 rings (SSSR count). The first-order valence-corrected chi connectivity index (χ1v) is 13.0. The topological polar surface area (TPSA) is 42.3 Å². The molecule has 0 radical (unpaired) electrons. The van der Waals surface area contributed by atoms with Gasteiger partial charge in [0.25, 0.3) is 10.6 Å². The zero-order valence-corrected chi connectivity index (χ0v) is 20.9. The zero-order chi connectivity index (χ0) is 24.9. The molecular formula is C23H18F4N3O2S3+. The average Bonchev–Trinajstić information content (AvgIpc) is 3.56. The van der Waals surface area contributed by atoms with Gasteiger partial charge in [-0.15, -0.1) is 11.3 Å². The maximum absolute atomic E-state index is 13.7. The molecule has 1 aliphatic heterocycles. The van der Waals surface area contributed by atoms with E-state index in [2.05, 4.69) is 0 Å². The normalized spacial score (nSPS) is 15.8. The molecule has 1 aromatic carbocycles. The predicted octanol–water partition coefficient (Wildman–Crippen LogP) is 4.21. The predicted molar refractivity (Wildman–Crippen MR) is 128 cm³/mol. The Morgan fingerprint density at radius 2 is 2.00 bits per heavy atom. The van der Waals surface area contributed by atoms with E-state index in [0.29, 0.717) is 15.7 Å². The average molecular weight is 541 g/mol. The number of fused-ring (bicyclic) bond motifs is 1. The molecule has 0 spiro atoms. The van der Waals surface area contributed by atoms with E-state index >= 15 is 0 Å². The fraction of sp³-hybridized carbons (Fsp3) is 0.217. The van der Waals surface area contributed by atoms with Crippen molar-refractivity contribution in [1.29, 1.82) is 0 Å². The number of thioether (sulfide) groups is 1. The minimum atomic E-state index is -4.54. The highest BCUT2D eigenvalue weighted by Crippen LogP contribution is 2.45. The summed E-state index contributed by atoms with van der Waals surface area (Å²) in [6, 6.07) is 6.77. The molecule has 12 heteroatoms. The molecule has 1 aliphatic rings. The number of rotatable bonds is 4. The third-order valence-corrected chi connectivity index (χ3v) is 8.76. The van der Waals surface area contributed by atoms with Gasteiger partial charge in [0.2, 0.25) is 12.3 Å². The third-order valence-electron chi connectivity index (χ3n) is 5.44. The Bertz CT molecular complexity index is 1600. The van der Waals surface area contributed by atoms with Gasteiger partial charge in [0, 0.05) is 18.5 Å². The first-order valence-electron chi connectivity index (χ1n) is 10.5. The van der Waals surface area contributed by atoms with E-state index in [1.54, 1.807) is 21.4 Å². The Kier molecular flexibility index (Phi) is 6.14. The fourth-order valence-corrected chi connectivity index (χ4v) is 7.09. The molecule has 4 aromatic rings. The van der Waals surface area contributed by atoms with Crippen LogP contribution in [0.5, 0.6) is 0 Å². The smallest absolute Gasteiger partial charge is 0.449 e. The summed E-state index contributed by atoms with van der Waals surface area (Å²) in [4.78, 5) is 15.9. The number of thiazole rings is 2. The highest BCUT2D eigenvalue weighted by molar-refractivity contribution is 8.08. The van der Waals surface area contributed by atoms with E-state index in [1.807, 2.05) is 30.3 Å². The van der Waals surface area contributed by atoms with Crippen LogP contribution in [0.4, 0.5) is 23.2 Å². The molecule has 182 valence electrons. The van der Waals surface area contributed by atoms with Gasteiger partial charge >= 0.3 is 6.18 Å². The lowest BCUT2D eigenvalue weighted by Gasteiger charge is -2.12. The number of alkyl halides is 3. The second kappa shape index (κ2) is 8.99.